The Labute approximate surface area is 158 Å². The molecular weight excluding hydrogens is 348 g/mol. The number of nitrogens with one attached hydrogen (secondary N) is 3. The number of ether oxygens (including phenoxy) is 1. The van der Waals surface area contributed by atoms with Crippen molar-refractivity contribution in [3.63, 3.8) is 0 Å². The maximum absolute atomic E-state index is 12.4. The van der Waals surface area contributed by atoms with Crippen molar-refractivity contribution in [3.8, 4) is 5.75 Å². The molecule has 8 nitrogen and oxygen atoms in total. The molecule has 0 radical (unpaired) electrons. The van der Waals surface area contributed by atoms with Crippen molar-refractivity contribution in [2.75, 3.05) is 25.5 Å². The standard InChI is InChI=1S/C19H26N4O4/c1-3-8-23-11-14(10-17(23)24)21-19(26)22-15-9-12(4-7-16(15)27-2)18(25)20-13-5-6-13/h4,7,9,13-14H,3,5-6,8,10-11H2,1-2H3,(H,20,25)(H2,21,22,26)/t14-/m0/s1. The van der Waals surface area contributed by atoms with Gasteiger partial charge in [-0.1, -0.05) is 6.92 Å². The van der Waals surface area contributed by atoms with E-state index in [9.17, 15) is 14.4 Å². The van der Waals surface area contributed by atoms with Crippen LogP contribution in [0.1, 0.15) is 43.0 Å². The first-order chi connectivity index (χ1) is 13.0. The van der Waals surface area contributed by atoms with E-state index >= 15 is 0 Å². The zero-order chi connectivity index (χ0) is 19.4. The molecular formula is C19H26N4O4. The molecule has 1 aromatic carbocycles. The average Bonchev–Trinajstić information content (AvgIpc) is 3.38. The molecule has 1 aliphatic carbocycles. The quantitative estimate of drug-likeness (QED) is 0.677. The molecule has 0 spiro atoms. The Bertz CT molecular complexity index is 732. The molecule has 1 heterocycles. The molecule has 3 N–H and O–H groups in total. The Morgan fingerprint density at radius 1 is 1.22 bits per heavy atom. The van der Waals surface area contributed by atoms with Crippen LogP contribution in [0.15, 0.2) is 18.2 Å². The van der Waals surface area contributed by atoms with E-state index in [1.54, 1.807) is 23.1 Å². The average molecular weight is 374 g/mol. The number of carbonyl (C=O) groups excluding carboxylic acids is 3. The zero-order valence-corrected chi connectivity index (χ0v) is 15.7. The predicted molar refractivity (Wildman–Crippen MR) is 101 cm³/mol. The highest BCUT2D eigenvalue weighted by atomic mass is 16.5. The van der Waals surface area contributed by atoms with E-state index in [0.29, 0.717) is 36.5 Å². The first-order valence-electron chi connectivity index (χ1n) is 9.34. The maximum atomic E-state index is 12.4. The highest BCUT2D eigenvalue weighted by Gasteiger charge is 2.30. The summed E-state index contributed by atoms with van der Waals surface area (Å²) in [6.45, 7) is 3.23. The number of urea groups is 1. The van der Waals surface area contributed by atoms with Crippen LogP contribution in [0, 0.1) is 0 Å². The molecule has 1 saturated heterocycles. The van der Waals surface area contributed by atoms with Crippen molar-refractivity contribution < 1.29 is 19.1 Å². The van der Waals surface area contributed by atoms with Crippen LogP contribution in [0.2, 0.25) is 0 Å². The van der Waals surface area contributed by atoms with E-state index in [1.807, 2.05) is 6.92 Å². The molecule has 27 heavy (non-hydrogen) atoms. The number of likely N-dealkylation sites (tertiary alicyclic amines) is 1. The van der Waals surface area contributed by atoms with Gasteiger partial charge in [-0.15, -0.1) is 0 Å². The molecule has 146 valence electrons. The molecule has 0 bridgehead atoms. The Kier molecular flexibility index (Phi) is 5.83. The number of amides is 4. The van der Waals surface area contributed by atoms with E-state index < -0.39 is 6.03 Å². The highest BCUT2D eigenvalue weighted by Crippen LogP contribution is 2.26. The minimum absolute atomic E-state index is 0.0541. The lowest BCUT2D eigenvalue weighted by Gasteiger charge is -2.17. The molecule has 0 unspecified atom stereocenters. The lowest BCUT2D eigenvalue weighted by Crippen LogP contribution is -2.39. The van der Waals surface area contributed by atoms with Gasteiger partial charge in [0.1, 0.15) is 5.75 Å². The van der Waals surface area contributed by atoms with Gasteiger partial charge < -0.3 is 25.6 Å². The van der Waals surface area contributed by atoms with Crippen molar-refractivity contribution in [2.24, 2.45) is 0 Å². The van der Waals surface area contributed by atoms with Crippen LogP contribution < -0.4 is 20.7 Å². The summed E-state index contributed by atoms with van der Waals surface area (Å²) < 4.78 is 5.27. The van der Waals surface area contributed by atoms with Gasteiger partial charge in [-0.25, -0.2) is 4.79 Å². The third-order valence-electron chi connectivity index (χ3n) is 4.67. The van der Waals surface area contributed by atoms with Crippen molar-refractivity contribution >= 4 is 23.5 Å². The number of rotatable bonds is 7. The Hall–Kier alpha value is -2.77. The molecule has 3 rings (SSSR count). The van der Waals surface area contributed by atoms with Crippen LogP contribution in [-0.4, -0.2) is 55.0 Å². The summed E-state index contributed by atoms with van der Waals surface area (Å²) >= 11 is 0. The van der Waals surface area contributed by atoms with Gasteiger partial charge in [-0.2, -0.15) is 0 Å². The van der Waals surface area contributed by atoms with Crippen LogP contribution in [0.25, 0.3) is 0 Å². The largest absolute Gasteiger partial charge is 0.495 e. The topological polar surface area (TPSA) is 99.8 Å². The van der Waals surface area contributed by atoms with Crippen LogP contribution in [0.4, 0.5) is 10.5 Å². The monoisotopic (exact) mass is 374 g/mol. The number of benzene rings is 1. The van der Waals surface area contributed by atoms with Gasteiger partial charge in [0.2, 0.25) is 5.91 Å². The third kappa shape index (κ3) is 4.90. The van der Waals surface area contributed by atoms with Crippen molar-refractivity contribution in [1.29, 1.82) is 0 Å². The minimum Gasteiger partial charge on any atom is -0.495 e. The third-order valence-corrected chi connectivity index (χ3v) is 4.67. The van der Waals surface area contributed by atoms with Gasteiger partial charge in [0, 0.05) is 31.1 Å². The van der Waals surface area contributed by atoms with Crippen molar-refractivity contribution in [3.05, 3.63) is 23.8 Å². The summed E-state index contributed by atoms with van der Waals surface area (Å²) in [5.74, 6) is 0.349. The summed E-state index contributed by atoms with van der Waals surface area (Å²) in [6, 6.07) is 4.52. The molecule has 0 aromatic heterocycles. The van der Waals surface area contributed by atoms with E-state index in [2.05, 4.69) is 16.0 Å². The van der Waals surface area contributed by atoms with Crippen molar-refractivity contribution in [2.45, 2.75) is 44.7 Å². The molecule has 1 aromatic rings. The van der Waals surface area contributed by atoms with E-state index in [4.69, 9.17) is 4.74 Å². The number of hydrogen-bond acceptors (Lipinski definition) is 4. The fraction of sp³-hybridized carbons (Fsp3) is 0.526. The Morgan fingerprint density at radius 2 is 2.00 bits per heavy atom. The molecule has 1 atom stereocenters. The normalized spacial score (nSPS) is 19.0. The van der Waals surface area contributed by atoms with E-state index in [1.165, 1.54) is 7.11 Å². The predicted octanol–water partition coefficient (Wildman–Crippen LogP) is 1.72. The maximum Gasteiger partial charge on any atom is 0.319 e. The second-order valence-electron chi connectivity index (χ2n) is 7.00. The summed E-state index contributed by atoms with van der Waals surface area (Å²) in [4.78, 5) is 38.3. The minimum atomic E-state index is -0.427. The lowest BCUT2D eigenvalue weighted by atomic mass is 10.1. The molecule has 2 fully saturated rings. The van der Waals surface area contributed by atoms with Crippen LogP contribution in [-0.2, 0) is 4.79 Å². The molecule has 1 aliphatic heterocycles. The molecule has 1 saturated carbocycles. The molecule has 8 heteroatoms. The second kappa shape index (κ2) is 8.28. The van der Waals surface area contributed by atoms with Crippen LogP contribution >= 0.6 is 0 Å². The first-order valence-corrected chi connectivity index (χ1v) is 9.34. The van der Waals surface area contributed by atoms with Crippen molar-refractivity contribution in [1.82, 2.24) is 15.5 Å². The van der Waals surface area contributed by atoms with Gasteiger partial charge in [0.05, 0.1) is 18.8 Å². The second-order valence-corrected chi connectivity index (χ2v) is 7.00. The van der Waals surface area contributed by atoms with Gasteiger partial charge in [0.15, 0.2) is 0 Å². The van der Waals surface area contributed by atoms with Gasteiger partial charge in [0.25, 0.3) is 5.91 Å². The lowest BCUT2D eigenvalue weighted by molar-refractivity contribution is -0.127. The Balaban J connectivity index is 1.62. The van der Waals surface area contributed by atoms with E-state index in [0.717, 1.165) is 19.3 Å². The highest BCUT2D eigenvalue weighted by molar-refractivity contribution is 5.98. The number of anilines is 1. The van der Waals surface area contributed by atoms with Gasteiger partial charge >= 0.3 is 6.03 Å². The molecule has 4 amide bonds. The van der Waals surface area contributed by atoms with Crippen LogP contribution in [0.3, 0.4) is 0 Å². The van der Waals surface area contributed by atoms with Crippen LogP contribution in [0.5, 0.6) is 5.75 Å². The molecule has 2 aliphatic rings. The summed E-state index contributed by atoms with van der Waals surface area (Å²) in [7, 11) is 1.50. The number of nitrogens with zero attached hydrogens (tertiary/aromatic N) is 1. The SMILES string of the molecule is CCCN1C[C@@H](NC(=O)Nc2cc(C(=O)NC3CC3)ccc2OC)CC1=O. The number of methoxy groups -OCH3 is 1. The smallest absolute Gasteiger partial charge is 0.319 e. The fourth-order valence-corrected chi connectivity index (χ4v) is 3.14. The van der Waals surface area contributed by atoms with E-state index in [-0.39, 0.29) is 23.9 Å². The number of carbonyl (C=O) groups is 3. The summed E-state index contributed by atoms with van der Waals surface area (Å²) in [5.41, 5.74) is 0.872. The summed E-state index contributed by atoms with van der Waals surface area (Å²) in [6.07, 6.45) is 3.20. The fourth-order valence-electron chi connectivity index (χ4n) is 3.14. The van der Waals surface area contributed by atoms with Gasteiger partial charge in [-0.3, -0.25) is 9.59 Å². The zero-order valence-electron chi connectivity index (χ0n) is 15.7. The first kappa shape index (κ1) is 19.0. The Morgan fingerprint density at radius 3 is 2.67 bits per heavy atom. The van der Waals surface area contributed by atoms with Gasteiger partial charge in [-0.05, 0) is 37.5 Å². The number of hydrogen-bond donors (Lipinski definition) is 3. The summed E-state index contributed by atoms with van der Waals surface area (Å²) in [5, 5.41) is 8.47.